The van der Waals surface area contributed by atoms with Crippen molar-refractivity contribution in [2.24, 2.45) is 7.05 Å². The van der Waals surface area contributed by atoms with Gasteiger partial charge in [-0.15, -0.1) is 0 Å². The Kier molecular flexibility index (Phi) is 10.3. The summed E-state index contributed by atoms with van der Waals surface area (Å²) >= 11 is 6.43. The summed E-state index contributed by atoms with van der Waals surface area (Å²) in [6, 6.07) is 4.21. The molecule has 0 aliphatic carbocycles. The van der Waals surface area contributed by atoms with Gasteiger partial charge in [-0.1, -0.05) is 11.6 Å². The molecular formula is C29H42ClN7O4S. The molecule has 0 amide bonds. The van der Waals surface area contributed by atoms with Crippen LogP contribution in [0.4, 0.5) is 23.1 Å². The van der Waals surface area contributed by atoms with Crippen LogP contribution >= 0.6 is 11.6 Å². The molecule has 0 unspecified atom stereocenters. The molecule has 1 aromatic carbocycles. The van der Waals surface area contributed by atoms with E-state index in [4.69, 9.17) is 21.1 Å². The van der Waals surface area contributed by atoms with Crippen molar-refractivity contribution in [3.8, 4) is 5.75 Å². The minimum Gasteiger partial charge on any atom is -0.489 e. The fourth-order valence-corrected chi connectivity index (χ4v) is 6.27. The first-order valence-corrected chi connectivity index (χ1v) is 16.2. The number of rotatable bonds is 12. The van der Waals surface area contributed by atoms with Crippen LogP contribution in [0.15, 0.2) is 29.6 Å². The van der Waals surface area contributed by atoms with E-state index >= 15 is 0 Å². The number of piperidine rings is 1. The lowest BCUT2D eigenvalue weighted by atomic mass is 9.86. The van der Waals surface area contributed by atoms with Gasteiger partial charge < -0.3 is 25.0 Å². The molecule has 0 bridgehead atoms. The summed E-state index contributed by atoms with van der Waals surface area (Å²) in [6.45, 7) is 13.1. The van der Waals surface area contributed by atoms with Crippen LogP contribution in [0.1, 0.15) is 57.6 Å². The van der Waals surface area contributed by atoms with E-state index < -0.39 is 15.1 Å². The highest BCUT2D eigenvalue weighted by molar-refractivity contribution is 7.92. The number of hydrogen-bond acceptors (Lipinski definition) is 10. The van der Waals surface area contributed by atoms with E-state index in [1.807, 2.05) is 13.8 Å². The maximum absolute atomic E-state index is 12.9. The Labute approximate surface area is 253 Å². The Balaban J connectivity index is 1.60. The summed E-state index contributed by atoms with van der Waals surface area (Å²) in [4.78, 5) is 11.4. The first-order valence-electron chi connectivity index (χ1n) is 14.3. The van der Waals surface area contributed by atoms with E-state index in [0.29, 0.717) is 5.92 Å². The largest absolute Gasteiger partial charge is 0.489 e. The molecule has 1 saturated heterocycles. The fourth-order valence-electron chi connectivity index (χ4n) is 5.03. The van der Waals surface area contributed by atoms with Gasteiger partial charge >= 0.3 is 0 Å². The highest BCUT2D eigenvalue weighted by Crippen LogP contribution is 2.38. The van der Waals surface area contributed by atoms with E-state index in [9.17, 15) is 8.42 Å². The van der Waals surface area contributed by atoms with Gasteiger partial charge in [0.1, 0.15) is 10.8 Å². The van der Waals surface area contributed by atoms with E-state index in [1.165, 1.54) is 16.4 Å². The second kappa shape index (κ2) is 13.6. The quantitative estimate of drug-likeness (QED) is 0.270. The van der Waals surface area contributed by atoms with Gasteiger partial charge in [-0.2, -0.15) is 10.1 Å². The van der Waals surface area contributed by atoms with Gasteiger partial charge in [0.05, 0.1) is 35.5 Å². The maximum atomic E-state index is 12.9. The molecule has 2 aromatic heterocycles. The Morgan fingerprint density at radius 1 is 1.12 bits per heavy atom. The molecule has 230 valence electrons. The number of halogens is 1. The molecule has 1 fully saturated rings. The minimum atomic E-state index is -3.64. The third-order valence-corrected chi connectivity index (χ3v) is 9.66. The van der Waals surface area contributed by atoms with Crippen LogP contribution in [0.2, 0.25) is 5.02 Å². The number of nitrogens with one attached hydrogen (secondary N) is 2. The summed E-state index contributed by atoms with van der Waals surface area (Å²) in [6.07, 6.45) is 5.17. The predicted molar refractivity (Wildman–Crippen MR) is 166 cm³/mol. The van der Waals surface area contributed by atoms with Crippen LogP contribution in [-0.4, -0.2) is 77.8 Å². The zero-order valence-electron chi connectivity index (χ0n) is 25.4. The molecule has 0 saturated carbocycles. The van der Waals surface area contributed by atoms with Gasteiger partial charge in [-0.25, -0.2) is 13.4 Å². The number of hydrogen-bond donors (Lipinski definition) is 2. The molecule has 1 aliphatic rings. The molecule has 3 heterocycles. The summed E-state index contributed by atoms with van der Waals surface area (Å²) in [5.41, 5.74) is 3.47. The van der Waals surface area contributed by atoms with Crippen molar-refractivity contribution in [3.63, 3.8) is 0 Å². The molecule has 0 atom stereocenters. The number of ether oxygens (including phenoxy) is 2. The molecule has 2 N–H and O–H groups in total. The van der Waals surface area contributed by atoms with Crippen LogP contribution in [0.5, 0.6) is 5.75 Å². The Hall–Kier alpha value is -2.93. The highest BCUT2D eigenvalue weighted by atomic mass is 35.5. The monoisotopic (exact) mass is 619 g/mol. The summed E-state index contributed by atoms with van der Waals surface area (Å²) in [5, 5.41) is 10.0. The normalized spacial score (nSPS) is 15.0. The van der Waals surface area contributed by atoms with Crippen LogP contribution in [-0.2, 0) is 21.6 Å². The van der Waals surface area contributed by atoms with E-state index in [0.717, 1.165) is 56.1 Å². The average molecular weight is 620 g/mol. The van der Waals surface area contributed by atoms with Gasteiger partial charge in [-0.05, 0) is 89.7 Å². The zero-order valence-corrected chi connectivity index (χ0v) is 27.0. The number of aryl methyl sites for hydroxylation is 2. The number of nitrogens with zero attached hydrogens (tertiary/aromatic N) is 5. The van der Waals surface area contributed by atoms with Gasteiger partial charge in [0.15, 0.2) is 5.82 Å². The van der Waals surface area contributed by atoms with Crippen LogP contribution in [0.3, 0.4) is 0 Å². The van der Waals surface area contributed by atoms with Crippen molar-refractivity contribution >= 4 is 44.6 Å². The van der Waals surface area contributed by atoms with Crippen molar-refractivity contribution < 1.29 is 17.9 Å². The molecule has 0 radical (unpaired) electrons. The molecule has 42 heavy (non-hydrogen) atoms. The lowest BCUT2D eigenvalue weighted by molar-refractivity contribution is 0.130. The Morgan fingerprint density at radius 3 is 2.48 bits per heavy atom. The third-order valence-electron chi connectivity index (χ3n) is 7.30. The van der Waals surface area contributed by atoms with Crippen molar-refractivity contribution in [1.29, 1.82) is 0 Å². The minimum absolute atomic E-state index is 0.0349. The molecule has 4 rings (SSSR count). The summed E-state index contributed by atoms with van der Waals surface area (Å²) < 4.78 is 38.7. The Bertz CT molecular complexity index is 1490. The average Bonchev–Trinajstić information content (AvgIpc) is 3.31. The third kappa shape index (κ3) is 7.52. The van der Waals surface area contributed by atoms with Gasteiger partial charge in [0.2, 0.25) is 20.8 Å². The van der Waals surface area contributed by atoms with Crippen molar-refractivity contribution in [2.45, 2.75) is 69.8 Å². The van der Waals surface area contributed by atoms with Crippen molar-refractivity contribution in [2.75, 3.05) is 44.0 Å². The van der Waals surface area contributed by atoms with E-state index in [-0.39, 0.29) is 33.6 Å². The number of sulfone groups is 1. The topological polar surface area (TPSA) is 123 Å². The maximum Gasteiger partial charge on any atom is 0.229 e. The first-order chi connectivity index (χ1) is 19.9. The van der Waals surface area contributed by atoms with Crippen molar-refractivity contribution in [3.05, 3.63) is 40.7 Å². The molecule has 1 aliphatic heterocycles. The number of aromatic nitrogens is 4. The molecular weight excluding hydrogens is 578 g/mol. The molecule has 13 heteroatoms. The zero-order chi connectivity index (χ0) is 30.6. The van der Waals surface area contributed by atoms with Crippen LogP contribution in [0, 0.1) is 6.92 Å². The fraction of sp³-hybridized carbons (Fsp3) is 0.552. The predicted octanol–water partition coefficient (Wildman–Crippen LogP) is 5.45. The van der Waals surface area contributed by atoms with Crippen LogP contribution < -0.4 is 15.4 Å². The standard InChI is InChI=1S/C29H42ClN7O4S/c1-18(2)41-26-15-22(21-8-10-37(11-9-21)12-13-40-7)20(5)14-24(26)33-29-31-16-23(30)27(34-29)32-25-17-36(6)35-28(25)42(38,39)19(3)4/h14-19,21H,8-13H2,1-7H3,(H2,31,32,33,34). The Morgan fingerprint density at radius 2 is 1.83 bits per heavy atom. The SMILES string of the molecule is COCCN1CCC(c2cc(OC(C)C)c(Nc3ncc(Cl)c(Nc4cn(C)nc4S(=O)(=O)C(C)C)n3)cc2C)CC1. The second-order valence-electron chi connectivity index (χ2n) is 11.2. The van der Waals surface area contributed by atoms with Crippen LogP contribution in [0.25, 0.3) is 0 Å². The van der Waals surface area contributed by atoms with E-state index in [2.05, 4.69) is 49.7 Å². The van der Waals surface area contributed by atoms with Gasteiger partial charge in [0, 0.05) is 26.9 Å². The molecule has 3 aromatic rings. The number of likely N-dealkylation sites (tertiary alicyclic amines) is 1. The summed E-state index contributed by atoms with van der Waals surface area (Å²) in [7, 11) is -0.242. The second-order valence-corrected chi connectivity index (χ2v) is 14.1. The van der Waals surface area contributed by atoms with Crippen molar-refractivity contribution in [1.82, 2.24) is 24.6 Å². The molecule has 11 nitrogen and oxygen atoms in total. The van der Waals surface area contributed by atoms with E-state index in [1.54, 1.807) is 34.2 Å². The molecule has 0 spiro atoms. The number of anilines is 4. The first kappa shape index (κ1) is 32.0. The smallest absolute Gasteiger partial charge is 0.229 e. The number of methoxy groups -OCH3 is 1. The highest BCUT2D eigenvalue weighted by Gasteiger charge is 2.27. The summed E-state index contributed by atoms with van der Waals surface area (Å²) in [5.74, 6) is 1.71. The lowest BCUT2D eigenvalue weighted by Crippen LogP contribution is -2.35. The van der Waals surface area contributed by atoms with Gasteiger partial charge in [0.25, 0.3) is 0 Å². The number of benzene rings is 1. The van der Waals surface area contributed by atoms with Gasteiger partial charge in [-0.3, -0.25) is 4.68 Å². The lowest BCUT2D eigenvalue weighted by Gasteiger charge is -2.33.